The van der Waals surface area contributed by atoms with Crippen molar-refractivity contribution in [3.63, 3.8) is 0 Å². The molecule has 18 heavy (non-hydrogen) atoms. The van der Waals surface area contributed by atoms with E-state index in [1.807, 2.05) is 0 Å². The first kappa shape index (κ1) is 14.7. The van der Waals surface area contributed by atoms with Crippen molar-refractivity contribution in [3.05, 3.63) is 0 Å². The quantitative estimate of drug-likeness (QED) is 0.592. The second-order valence-corrected chi connectivity index (χ2v) is 7.87. The predicted octanol–water partition coefficient (Wildman–Crippen LogP) is 3.57. The summed E-state index contributed by atoms with van der Waals surface area (Å²) in [5.74, 6) is 9.60. The molecule has 0 aromatic heterocycles. The Morgan fingerprint density at radius 3 is 2.44 bits per heavy atom. The van der Waals surface area contributed by atoms with Gasteiger partial charge in [-0.1, -0.05) is 33.1 Å². The minimum absolute atomic E-state index is 0.533. The van der Waals surface area contributed by atoms with E-state index in [9.17, 15) is 0 Å². The SMILES string of the molecule is CC1CCC(C(CSC2CCCC2)NN)CC1C. The molecule has 4 unspecified atom stereocenters. The van der Waals surface area contributed by atoms with Crippen molar-refractivity contribution in [3.8, 4) is 0 Å². The van der Waals surface area contributed by atoms with Gasteiger partial charge in [-0.3, -0.25) is 11.3 Å². The molecule has 0 aromatic rings. The first-order valence-electron chi connectivity index (χ1n) is 7.78. The van der Waals surface area contributed by atoms with Crippen LogP contribution in [-0.2, 0) is 0 Å². The van der Waals surface area contributed by atoms with Crippen LogP contribution in [0.4, 0.5) is 0 Å². The summed E-state index contributed by atoms with van der Waals surface area (Å²) in [5.41, 5.74) is 3.11. The Morgan fingerprint density at radius 1 is 1.11 bits per heavy atom. The molecule has 2 aliphatic rings. The summed E-state index contributed by atoms with van der Waals surface area (Å²) < 4.78 is 0. The van der Waals surface area contributed by atoms with E-state index in [2.05, 4.69) is 31.0 Å². The molecule has 4 atom stereocenters. The molecule has 2 fully saturated rings. The molecule has 3 heteroatoms. The summed E-state index contributed by atoms with van der Waals surface area (Å²) in [6.45, 7) is 4.81. The molecule has 2 aliphatic carbocycles. The molecule has 2 nitrogen and oxygen atoms in total. The van der Waals surface area contributed by atoms with Crippen LogP contribution in [0.1, 0.15) is 58.8 Å². The monoisotopic (exact) mass is 270 g/mol. The molecular formula is C15H30N2S. The van der Waals surface area contributed by atoms with Crippen LogP contribution in [0, 0.1) is 17.8 Å². The highest BCUT2D eigenvalue weighted by Crippen LogP contribution is 2.37. The lowest BCUT2D eigenvalue weighted by atomic mass is 9.73. The van der Waals surface area contributed by atoms with Crippen molar-refractivity contribution in [1.82, 2.24) is 5.43 Å². The van der Waals surface area contributed by atoms with Crippen molar-refractivity contribution in [2.75, 3.05) is 5.75 Å². The van der Waals surface area contributed by atoms with Crippen molar-refractivity contribution >= 4 is 11.8 Å². The van der Waals surface area contributed by atoms with Crippen LogP contribution in [0.2, 0.25) is 0 Å². The number of hydrazine groups is 1. The fourth-order valence-electron chi connectivity index (χ4n) is 3.57. The maximum absolute atomic E-state index is 5.81. The molecule has 2 saturated carbocycles. The van der Waals surface area contributed by atoms with E-state index >= 15 is 0 Å². The fraction of sp³-hybridized carbons (Fsp3) is 1.00. The molecule has 2 rings (SSSR count). The van der Waals surface area contributed by atoms with E-state index in [1.54, 1.807) is 0 Å². The molecule has 0 bridgehead atoms. The zero-order valence-electron chi connectivity index (χ0n) is 12.0. The van der Waals surface area contributed by atoms with Gasteiger partial charge in [0.1, 0.15) is 0 Å². The number of nitrogens with two attached hydrogens (primary N) is 1. The van der Waals surface area contributed by atoms with E-state index in [0.717, 1.165) is 23.0 Å². The minimum atomic E-state index is 0.533. The Labute approximate surface area is 117 Å². The highest BCUT2D eigenvalue weighted by Gasteiger charge is 2.30. The van der Waals surface area contributed by atoms with Gasteiger partial charge in [-0.15, -0.1) is 0 Å². The average molecular weight is 270 g/mol. The predicted molar refractivity (Wildman–Crippen MR) is 81.5 cm³/mol. The third kappa shape index (κ3) is 3.88. The number of nitrogens with one attached hydrogen (secondary N) is 1. The molecule has 0 aromatic carbocycles. The second-order valence-electron chi connectivity index (χ2n) is 6.54. The van der Waals surface area contributed by atoms with Crippen LogP contribution < -0.4 is 11.3 Å². The lowest BCUT2D eigenvalue weighted by Gasteiger charge is -2.36. The Hall–Kier alpha value is 0.270. The Morgan fingerprint density at radius 2 is 1.83 bits per heavy atom. The molecule has 0 heterocycles. The molecule has 0 amide bonds. The lowest BCUT2D eigenvalue weighted by Crippen LogP contribution is -2.45. The van der Waals surface area contributed by atoms with Crippen molar-refractivity contribution in [2.24, 2.45) is 23.6 Å². The molecule has 3 N–H and O–H groups in total. The van der Waals surface area contributed by atoms with E-state index in [4.69, 9.17) is 5.84 Å². The highest BCUT2D eigenvalue weighted by molar-refractivity contribution is 7.99. The fourth-order valence-corrected chi connectivity index (χ4v) is 5.08. The number of thioether (sulfide) groups is 1. The maximum Gasteiger partial charge on any atom is 0.0329 e. The van der Waals surface area contributed by atoms with Crippen molar-refractivity contribution < 1.29 is 0 Å². The normalized spacial score (nSPS) is 35.8. The third-order valence-corrected chi connectivity index (χ3v) is 6.73. The van der Waals surface area contributed by atoms with Gasteiger partial charge in [-0.2, -0.15) is 11.8 Å². The van der Waals surface area contributed by atoms with Gasteiger partial charge in [0.15, 0.2) is 0 Å². The molecule has 106 valence electrons. The van der Waals surface area contributed by atoms with Gasteiger partial charge in [-0.25, -0.2) is 0 Å². The summed E-state index contributed by atoms with van der Waals surface area (Å²) >= 11 is 2.17. The summed E-state index contributed by atoms with van der Waals surface area (Å²) in [6.07, 6.45) is 9.86. The molecule has 0 saturated heterocycles. The lowest BCUT2D eigenvalue weighted by molar-refractivity contribution is 0.178. The number of rotatable bonds is 5. The van der Waals surface area contributed by atoms with Gasteiger partial charge in [0.05, 0.1) is 0 Å². The summed E-state index contributed by atoms with van der Waals surface area (Å²) in [6, 6.07) is 0.533. The van der Waals surface area contributed by atoms with Crippen LogP contribution in [0.15, 0.2) is 0 Å². The van der Waals surface area contributed by atoms with Crippen LogP contribution in [0.25, 0.3) is 0 Å². The summed E-state index contributed by atoms with van der Waals surface area (Å²) in [7, 11) is 0. The zero-order chi connectivity index (χ0) is 13.0. The number of hydrogen-bond donors (Lipinski definition) is 2. The second kappa shape index (κ2) is 7.16. The third-order valence-electron chi connectivity index (χ3n) is 5.24. The highest BCUT2D eigenvalue weighted by atomic mass is 32.2. The van der Waals surface area contributed by atoms with Crippen molar-refractivity contribution in [2.45, 2.75) is 70.1 Å². The van der Waals surface area contributed by atoms with Crippen LogP contribution in [0.5, 0.6) is 0 Å². The van der Waals surface area contributed by atoms with Crippen LogP contribution >= 0.6 is 11.8 Å². The number of hydrogen-bond acceptors (Lipinski definition) is 3. The summed E-state index contributed by atoms with van der Waals surface area (Å²) in [4.78, 5) is 0. The van der Waals surface area contributed by atoms with E-state index in [0.29, 0.717) is 6.04 Å². The maximum atomic E-state index is 5.81. The smallest absolute Gasteiger partial charge is 0.0329 e. The van der Waals surface area contributed by atoms with Gasteiger partial charge in [0.2, 0.25) is 0 Å². The van der Waals surface area contributed by atoms with E-state index in [-0.39, 0.29) is 0 Å². The van der Waals surface area contributed by atoms with Gasteiger partial charge >= 0.3 is 0 Å². The van der Waals surface area contributed by atoms with E-state index < -0.39 is 0 Å². The Balaban J connectivity index is 1.76. The largest absolute Gasteiger partial charge is 0.271 e. The Kier molecular flexibility index (Phi) is 5.84. The molecule has 0 aliphatic heterocycles. The topological polar surface area (TPSA) is 38.0 Å². The minimum Gasteiger partial charge on any atom is -0.271 e. The van der Waals surface area contributed by atoms with Gasteiger partial charge in [-0.05, 0) is 43.4 Å². The van der Waals surface area contributed by atoms with Crippen LogP contribution in [0.3, 0.4) is 0 Å². The first-order chi connectivity index (χ1) is 8.70. The van der Waals surface area contributed by atoms with Gasteiger partial charge in [0.25, 0.3) is 0 Å². The molecule has 0 radical (unpaired) electrons. The zero-order valence-corrected chi connectivity index (χ0v) is 12.8. The average Bonchev–Trinajstić information content (AvgIpc) is 2.87. The standard InChI is InChI=1S/C15H30N2S/c1-11-7-8-13(9-12(11)2)15(17-16)10-18-14-5-3-4-6-14/h11-15,17H,3-10,16H2,1-2H3. The Bertz CT molecular complexity index is 241. The van der Waals surface area contributed by atoms with E-state index in [1.165, 1.54) is 50.7 Å². The molecular weight excluding hydrogens is 240 g/mol. The summed E-state index contributed by atoms with van der Waals surface area (Å²) in [5, 5.41) is 0.917. The van der Waals surface area contributed by atoms with Crippen molar-refractivity contribution in [1.29, 1.82) is 0 Å². The van der Waals surface area contributed by atoms with Gasteiger partial charge < -0.3 is 0 Å². The van der Waals surface area contributed by atoms with Gasteiger partial charge in [0, 0.05) is 17.0 Å². The molecule has 0 spiro atoms. The van der Waals surface area contributed by atoms with Crippen LogP contribution in [-0.4, -0.2) is 17.0 Å². The first-order valence-corrected chi connectivity index (χ1v) is 8.83.